The Balaban J connectivity index is 2.72. The summed E-state index contributed by atoms with van der Waals surface area (Å²) >= 11 is 6.06. The average molecular weight is 339 g/mol. The van der Waals surface area contributed by atoms with Gasteiger partial charge in [-0.25, -0.2) is 0 Å². The van der Waals surface area contributed by atoms with Gasteiger partial charge in [0.2, 0.25) is 0 Å². The van der Waals surface area contributed by atoms with Gasteiger partial charge >= 0.3 is 5.97 Å². The van der Waals surface area contributed by atoms with Crippen LogP contribution in [0.1, 0.15) is 5.56 Å². The van der Waals surface area contributed by atoms with Crippen LogP contribution < -0.4 is 20.6 Å². The Kier molecular flexibility index (Phi) is 8.01. The number of methoxy groups -OCH3 is 1. The van der Waals surface area contributed by atoms with Gasteiger partial charge in [-0.3, -0.25) is 10.2 Å². The number of carbonyl (C=O) groups is 1. The highest BCUT2D eigenvalue weighted by Gasteiger charge is 2.10. The van der Waals surface area contributed by atoms with E-state index in [2.05, 4.69) is 29.3 Å². The summed E-state index contributed by atoms with van der Waals surface area (Å²) in [5.74, 6) is 1.38. The molecule has 6 nitrogen and oxygen atoms in total. The third-order valence-electron chi connectivity index (χ3n) is 2.26. The van der Waals surface area contributed by atoms with Crippen molar-refractivity contribution in [1.29, 1.82) is 0 Å². The molecular formula is C14H17N3O3S2. The molecule has 0 bridgehead atoms. The number of esters is 1. The van der Waals surface area contributed by atoms with Crippen LogP contribution in [-0.2, 0) is 4.79 Å². The van der Waals surface area contributed by atoms with Crippen LogP contribution in [0.3, 0.4) is 0 Å². The van der Waals surface area contributed by atoms with Crippen LogP contribution in [0.4, 0.5) is 0 Å². The Bertz CT molecular complexity index is 576. The summed E-state index contributed by atoms with van der Waals surface area (Å²) in [6.45, 7) is 3.59. The fourth-order valence-corrected chi connectivity index (χ4v) is 1.96. The van der Waals surface area contributed by atoms with E-state index in [1.807, 2.05) is 0 Å². The van der Waals surface area contributed by atoms with Crippen molar-refractivity contribution in [2.75, 3.05) is 18.6 Å². The van der Waals surface area contributed by atoms with E-state index in [0.717, 1.165) is 5.56 Å². The normalized spacial score (nSPS) is 10.2. The maximum absolute atomic E-state index is 11.7. The summed E-state index contributed by atoms with van der Waals surface area (Å²) in [6.07, 6.45) is 3.25. The second-order valence-electron chi connectivity index (χ2n) is 3.92. The second-order valence-corrected chi connectivity index (χ2v) is 5.39. The topological polar surface area (TPSA) is 85.9 Å². The van der Waals surface area contributed by atoms with Crippen LogP contribution in [0.15, 0.2) is 36.0 Å². The lowest BCUT2D eigenvalue weighted by Crippen LogP contribution is -2.23. The highest BCUT2D eigenvalue weighted by atomic mass is 32.2. The van der Waals surface area contributed by atoms with Crippen molar-refractivity contribution in [2.24, 2.45) is 10.8 Å². The Morgan fingerprint density at radius 3 is 2.95 bits per heavy atom. The fraction of sp³-hybridized carbons (Fsp3) is 0.214. The van der Waals surface area contributed by atoms with Gasteiger partial charge in [0.25, 0.3) is 0 Å². The molecule has 0 amide bonds. The first-order valence-electron chi connectivity index (χ1n) is 6.22. The van der Waals surface area contributed by atoms with Crippen molar-refractivity contribution < 1.29 is 14.3 Å². The van der Waals surface area contributed by atoms with Crippen molar-refractivity contribution in [1.82, 2.24) is 5.43 Å². The Morgan fingerprint density at radius 1 is 1.55 bits per heavy atom. The number of carbonyl (C=O) groups excluding carboxylic acids is 1. The number of ether oxygens (including phenoxy) is 2. The Hall–Kier alpha value is -2.06. The number of hydrazone groups is 1. The van der Waals surface area contributed by atoms with E-state index in [1.54, 1.807) is 24.3 Å². The number of hydrogen-bond donors (Lipinski definition) is 2. The van der Waals surface area contributed by atoms with Crippen molar-refractivity contribution >= 4 is 41.3 Å². The molecule has 0 unspecified atom stereocenters. The molecule has 0 aliphatic rings. The van der Waals surface area contributed by atoms with E-state index in [0.29, 0.717) is 17.3 Å². The van der Waals surface area contributed by atoms with Crippen molar-refractivity contribution in [2.45, 2.75) is 0 Å². The summed E-state index contributed by atoms with van der Waals surface area (Å²) in [5, 5.41) is 3.91. The summed E-state index contributed by atoms with van der Waals surface area (Å²) < 4.78 is 10.5. The Labute approximate surface area is 138 Å². The number of nitrogens with two attached hydrogens (primary N) is 1. The molecule has 0 aliphatic carbocycles. The molecule has 0 heterocycles. The molecule has 1 rings (SSSR count). The first-order valence-corrected chi connectivity index (χ1v) is 7.79. The lowest BCUT2D eigenvalue weighted by Gasteiger charge is -2.09. The van der Waals surface area contributed by atoms with Crippen molar-refractivity contribution in [3.8, 4) is 11.5 Å². The van der Waals surface area contributed by atoms with Crippen LogP contribution in [0.5, 0.6) is 11.5 Å². The molecule has 118 valence electrons. The summed E-state index contributed by atoms with van der Waals surface area (Å²) in [4.78, 5) is 11.7. The first-order chi connectivity index (χ1) is 10.6. The fourth-order valence-electron chi connectivity index (χ4n) is 1.40. The zero-order valence-corrected chi connectivity index (χ0v) is 13.7. The van der Waals surface area contributed by atoms with Gasteiger partial charge in [-0.15, -0.1) is 18.3 Å². The van der Waals surface area contributed by atoms with Gasteiger partial charge in [0.05, 0.1) is 19.1 Å². The number of nitrogens with zero attached hydrogens (tertiary/aromatic N) is 1. The minimum Gasteiger partial charge on any atom is -0.493 e. The maximum Gasteiger partial charge on any atom is 0.321 e. The molecule has 0 aromatic heterocycles. The third kappa shape index (κ3) is 6.59. The summed E-state index contributed by atoms with van der Waals surface area (Å²) in [5.41, 5.74) is 8.44. The summed E-state index contributed by atoms with van der Waals surface area (Å²) in [7, 11) is 1.49. The molecule has 0 aliphatic heterocycles. The van der Waals surface area contributed by atoms with Gasteiger partial charge < -0.3 is 15.2 Å². The van der Waals surface area contributed by atoms with Crippen LogP contribution in [0, 0.1) is 0 Å². The molecule has 0 saturated carbocycles. The number of thioether (sulfide) groups is 1. The highest BCUT2D eigenvalue weighted by molar-refractivity contribution is 8.00. The molecule has 8 heteroatoms. The molecule has 0 spiro atoms. The van der Waals surface area contributed by atoms with Crippen LogP contribution >= 0.6 is 24.0 Å². The zero-order chi connectivity index (χ0) is 16.4. The average Bonchev–Trinajstić information content (AvgIpc) is 2.48. The molecule has 1 aromatic rings. The van der Waals surface area contributed by atoms with Crippen molar-refractivity contribution in [3.63, 3.8) is 0 Å². The van der Waals surface area contributed by atoms with Gasteiger partial charge in [0.1, 0.15) is 0 Å². The minimum absolute atomic E-state index is 0.0748. The third-order valence-corrected chi connectivity index (χ3v) is 3.26. The predicted octanol–water partition coefficient (Wildman–Crippen LogP) is 1.69. The molecule has 0 saturated heterocycles. The number of thiocarbonyl (C=S) groups is 1. The molecule has 3 N–H and O–H groups in total. The van der Waals surface area contributed by atoms with E-state index in [1.165, 1.54) is 25.1 Å². The quantitative estimate of drug-likeness (QED) is 0.142. The number of benzene rings is 1. The number of nitrogens with one attached hydrogen (secondary N) is 1. The Morgan fingerprint density at radius 2 is 2.32 bits per heavy atom. The second kappa shape index (κ2) is 9.80. The van der Waals surface area contributed by atoms with Gasteiger partial charge in [0, 0.05) is 5.75 Å². The van der Waals surface area contributed by atoms with Gasteiger partial charge in [0.15, 0.2) is 16.6 Å². The van der Waals surface area contributed by atoms with E-state index < -0.39 is 0 Å². The van der Waals surface area contributed by atoms with E-state index in [-0.39, 0.29) is 16.8 Å². The van der Waals surface area contributed by atoms with Gasteiger partial charge in [-0.2, -0.15) is 5.10 Å². The lowest BCUT2D eigenvalue weighted by molar-refractivity contribution is -0.131. The molecule has 0 atom stereocenters. The van der Waals surface area contributed by atoms with E-state index >= 15 is 0 Å². The largest absolute Gasteiger partial charge is 0.493 e. The SMILES string of the molecule is C=CCSCC(=O)Oc1ccc(/C=N/NC(N)=S)cc1OC. The molecule has 0 fully saturated rings. The minimum atomic E-state index is -0.346. The smallest absolute Gasteiger partial charge is 0.321 e. The van der Waals surface area contributed by atoms with Gasteiger partial charge in [-0.05, 0) is 36.0 Å². The predicted molar refractivity (Wildman–Crippen MR) is 93.7 cm³/mol. The number of hydrogen-bond acceptors (Lipinski definition) is 6. The first kappa shape index (κ1) is 18.0. The van der Waals surface area contributed by atoms with Crippen LogP contribution in [0.25, 0.3) is 0 Å². The standard InChI is InChI=1S/C14H17N3O3S2/c1-3-6-22-9-13(18)20-11-5-4-10(7-12(11)19-2)8-16-17-14(15)21/h3-5,7-8H,1,6,9H2,2H3,(H3,15,17,21)/b16-8+. The number of rotatable bonds is 8. The van der Waals surface area contributed by atoms with E-state index in [4.69, 9.17) is 15.2 Å². The molecule has 0 radical (unpaired) electrons. The van der Waals surface area contributed by atoms with Crippen molar-refractivity contribution in [3.05, 3.63) is 36.4 Å². The van der Waals surface area contributed by atoms with E-state index in [9.17, 15) is 4.79 Å². The molecule has 22 heavy (non-hydrogen) atoms. The van der Waals surface area contributed by atoms with Crippen LogP contribution in [0.2, 0.25) is 0 Å². The summed E-state index contributed by atoms with van der Waals surface area (Å²) in [6, 6.07) is 5.05. The molecule has 1 aromatic carbocycles. The monoisotopic (exact) mass is 339 g/mol. The lowest BCUT2D eigenvalue weighted by atomic mass is 10.2. The van der Waals surface area contributed by atoms with Crippen LogP contribution in [-0.4, -0.2) is 35.9 Å². The maximum atomic E-state index is 11.7. The van der Waals surface area contributed by atoms with Gasteiger partial charge in [-0.1, -0.05) is 6.08 Å². The highest BCUT2D eigenvalue weighted by Crippen LogP contribution is 2.28. The zero-order valence-electron chi connectivity index (χ0n) is 12.1. The molecular weight excluding hydrogens is 322 g/mol.